The van der Waals surface area contributed by atoms with Crippen molar-refractivity contribution in [3.8, 4) is 0 Å². The number of hydrogen-bond donors (Lipinski definition) is 0. The standard InChI is InChI=1S/C6H8ClF3O2/c1-2-12-3-4(11)5(7)6(8,9)10/h5H,2-3H2,1H3. The fraction of sp³-hybridized carbons (Fsp3) is 0.833. The number of carbonyl (C=O) groups excluding carboxylic acids is 1. The Morgan fingerprint density at radius 2 is 2.08 bits per heavy atom. The maximum absolute atomic E-state index is 11.7. The number of hydrogen-bond acceptors (Lipinski definition) is 2. The number of carbonyl (C=O) groups is 1. The van der Waals surface area contributed by atoms with Gasteiger partial charge < -0.3 is 4.74 Å². The van der Waals surface area contributed by atoms with Crippen molar-refractivity contribution in [3.63, 3.8) is 0 Å². The van der Waals surface area contributed by atoms with E-state index < -0.39 is 23.9 Å². The summed E-state index contributed by atoms with van der Waals surface area (Å²) in [4.78, 5) is 10.6. The largest absolute Gasteiger partial charge is 0.411 e. The van der Waals surface area contributed by atoms with Crippen LogP contribution in [0.4, 0.5) is 13.2 Å². The van der Waals surface area contributed by atoms with Gasteiger partial charge in [-0.3, -0.25) is 4.79 Å². The number of ether oxygens (including phenoxy) is 1. The van der Waals surface area contributed by atoms with E-state index in [1.807, 2.05) is 0 Å². The van der Waals surface area contributed by atoms with Gasteiger partial charge in [-0.2, -0.15) is 13.2 Å². The molecule has 0 aliphatic heterocycles. The summed E-state index contributed by atoms with van der Waals surface area (Å²) in [5, 5.41) is -2.45. The van der Waals surface area contributed by atoms with Crippen molar-refractivity contribution >= 4 is 17.4 Å². The van der Waals surface area contributed by atoms with Gasteiger partial charge in [-0.25, -0.2) is 0 Å². The average Bonchev–Trinajstić information content (AvgIpc) is 1.97. The van der Waals surface area contributed by atoms with E-state index in [9.17, 15) is 18.0 Å². The average molecular weight is 205 g/mol. The Morgan fingerprint density at radius 3 is 2.42 bits per heavy atom. The van der Waals surface area contributed by atoms with Crippen molar-refractivity contribution in [2.45, 2.75) is 18.5 Å². The third-order valence-electron chi connectivity index (χ3n) is 1.02. The maximum Gasteiger partial charge on any atom is 0.411 e. The second-order valence-electron chi connectivity index (χ2n) is 2.01. The normalized spacial score (nSPS) is 14.4. The Kier molecular flexibility index (Phi) is 4.55. The first-order valence-electron chi connectivity index (χ1n) is 3.20. The lowest BCUT2D eigenvalue weighted by molar-refractivity contribution is -0.152. The molecule has 0 saturated carbocycles. The lowest BCUT2D eigenvalue weighted by Gasteiger charge is -2.11. The van der Waals surface area contributed by atoms with Crippen molar-refractivity contribution in [3.05, 3.63) is 0 Å². The van der Waals surface area contributed by atoms with E-state index in [-0.39, 0.29) is 6.61 Å². The van der Waals surface area contributed by atoms with E-state index in [1.54, 1.807) is 6.92 Å². The Morgan fingerprint density at radius 1 is 1.58 bits per heavy atom. The van der Waals surface area contributed by atoms with Crippen molar-refractivity contribution in [1.82, 2.24) is 0 Å². The molecule has 0 aromatic carbocycles. The second-order valence-corrected chi connectivity index (χ2v) is 2.44. The first-order valence-corrected chi connectivity index (χ1v) is 3.64. The number of rotatable bonds is 4. The summed E-state index contributed by atoms with van der Waals surface area (Å²) in [6, 6.07) is 0. The van der Waals surface area contributed by atoms with Crippen LogP contribution < -0.4 is 0 Å². The Labute approximate surface area is 72.6 Å². The minimum absolute atomic E-state index is 0.188. The van der Waals surface area contributed by atoms with Crippen LogP contribution in [0.15, 0.2) is 0 Å². The predicted octanol–water partition coefficient (Wildman–Crippen LogP) is 1.76. The third kappa shape index (κ3) is 3.92. The molecule has 6 heteroatoms. The summed E-state index contributed by atoms with van der Waals surface area (Å²) < 4.78 is 39.6. The molecule has 0 radical (unpaired) electrons. The van der Waals surface area contributed by atoms with Gasteiger partial charge in [0.2, 0.25) is 0 Å². The molecular weight excluding hydrogens is 197 g/mol. The summed E-state index contributed by atoms with van der Waals surface area (Å²) in [7, 11) is 0. The molecule has 0 saturated heterocycles. The zero-order valence-electron chi connectivity index (χ0n) is 6.32. The molecule has 0 bridgehead atoms. The van der Waals surface area contributed by atoms with Crippen LogP contribution in [-0.2, 0) is 9.53 Å². The molecule has 0 rings (SSSR count). The molecule has 0 heterocycles. The lowest BCUT2D eigenvalue weighted by atomic mass is 10.3. The minimum Gasteiger partial charge on any atom is -0.374 e. The Bertz CT molecular complexity index is 157. The number of halogens is 4. The van der Waals surface area contributed by atoms with E-state index in [4.69, 9.17) is 11.6 Å². The van der Waals surface area contributed by atoms with E-state index in [0.717, 1.165) is 0 Å². The number of ketones is 1. The smallest absolute Gasteiger partial charge is 0.374 e. The van der Waals surface area contributed by atoms with Gasteiger partial charge in [0.25, 0.3) is 0 Å². The molecular formula is C6H8ClF3O2. The van der Waals surface area contributed by atoms with Crippen LogP contribution >= 0.6 is 11.6 Å². The van der Waals surface area contributed by atoms with Crippen LogP contribution in [0.2, 0.25) is 0 Å². The summed E-state index contributed by atoms with van der Waals surface area (Å²) >= 11 is 4.79. The monoisotopic (exact) mass is 204 g/mol. The van der Waals surface area contributed by atoms with Gasteiger partial charge >= 0.3 is 6.18 Å². The molecule has 0 aromatic heterocycles. The minimum atomic E-state index is -4.68. The second kappa shape index (κ2) is 4.67. The van der Waals surface area contributed by atoms with Gasteiger partial charge in [0.1, 0.15) is 6.61 Å². The summed E-state index contributed by atoms with van der Waals surface area (Å²) in [6.45, 7) is 1.17. The fourth-order valence-corrected chi connectivity index (χ4v) is 0.521. The van der Waals surface area contributed by atoms with Crippen molar-refractivity contribution in [2.75, 3.05) is 13.2 Å². The van der Waals surface area contributed by atoms with Gasteiger partial charge in [0, 0.05) is 6.61 Å². The quantitative estimate of drug-likeness (QED) is 0.653. The third-order valence-corrected chi connectivity index (χ3v) is 1.51. The van der Waals surface area contributed by atoms with Crippen molar-refractivity contribution in [1.29, 1.82) is 0 Å². The molecule has 12 heavy (non-hydrogen) atoms. The zero-order chi connectivity index (χ0) is 9.78. The molecule has 0 aliphatic rings. The van der Waals surface area contributed by atoms with E-state index in [2.05, 4.69) is 4.74 Å². The van der Waals surface area contributed by atoms with Crippen LogP contribution in [0.1, 0.15) is 6.92 Å². The molecule has 0 aliphatic carbocycles. The van der Waals surface area contributed by atoms with Gasteiger partial charge in [-0.1, -0.05) is 0 Å². The number of alkyl halides is 4. The predicted molar refractivity (Wildman–Crippen MR) is 37.2 cm³/mol. The Hall–Kier alpha value is -0.290. The first kappa shape index (κ1) is 11.7. The van der Waals surface area contributed by atoms with Crippen molar-refractivity contribution in [2.24, 2.45) is 0 Å². The molecule has 0 aromatic rings. The van der Waals surface area contributed by atoms with Crippen LogP contribution in [0.3, 0.4) is 0 Å². The van der Waals surface area contributed by atoms with Crippen LogP contribution in [0.5, 0.6) is 0 Å². The molecule has 0 fully saturated rings. The Balaban J connectivity index is 3.94. The van der Waals surface area contributed by atoms with Gasteiger partial charge in [0.05, 0.1) is 0 Å². The summed E-state index contributed by atoms with van der Waals surface area (Å²) in [5.74, 6) is -1.16. The SMILES string of the molecule is CCOCC(=O)C(Cl)C(F)(F)F. The number of Topliss-reactive ketones (excluding diaryl/α,β-unsaturated/α-hetero) is 1. The van der Waals surface area contributed by atoms with E-state index in [0.29, 0.717) is 0 Å². The lowest BCUT2D eigenvalue weighted by Crippen LogP contribution is -2.34. The summed E-state index contributed by atoms with van der Waals surface area (Å²) in [6.07, 6.45) is -4.68. The van der Waals surface area contributed by atoms with Crippen LogP contribution in [0, 0.1) is 0 Å². The molecule has 1 unspecified atom stereocenters. The highest BCUT2D eigenvalue weighted by Crippen LogP contribution is 2.25. The highest BCUT2D eigenvalue weighted by atomic mass is 35.5. The highest BCUT2D eigenvalue weighted by molar-refractivity contribution is 6.31. The summed E-state index contributed by atoms with van der Waals surface area (Å²) in [5.41, 5.74) is 0. The van der Waals surface area contributed by atoms with E-state index in [1.165, 1.54) is 0 Å². The fourth-order valence-electron chi connectivity index (χ4n) is 0.458. The van der Waals surface area contributed by atoms with Crippen LogP contribution in [-0.4, -0.2) is 30.6 Å². The topological polar surface area (TPSA) is 26.3 Å². The van der Waals surface area contributed by atoms with Gasteiger partial charge in [0.15, 0.2) is 11.2 Å². The van der Waals surface area contributed by atoms with Gasteiger partial charge in [-0.15, -0.1) is 11.6 Å². The van der Waals surface area contributed by atoms with Crippen LogP contribution in [0.25, 0.3) is 0 Å². The zero-order valence-corrected chi connectivity index (χ0v) is 7.08. The molecule has 0 amide bonds. The van der Waals surface area contributed by atoms with Crippen molar-refractivity contribution < 1.29 is 22.7 Å². The molecule has 0 N–H and O–H groups in total. The molecule has 2 nitrogen and oxygen atoms in total. The maximum atomic E-state index is 11.7. The molecule has 72 valence electrons. The molecule has 1 atom stereocenters. The highest BCUT2D eigenvalue weighted by Gasteiger charge is 2.42. The van der Waals surface area contributed by atoms with E-state index >= 15 is 0 Å². The first-order chi connectivity index (χ1) is 5.39. The molecule has 0 spiro atoms. The van der Waals surface area contributed by atoms with Gasteiger partial charge in [-0.05, 0) is 6.92 Å².